The van der Waals surface area contributed by atoms with Crippen LogP contribution in [0.15, 0.2) is 36.9 Å². The average Bonchev–Trinajstić information content (AvgIpc) is 3.17. The molecule has 0 unspecified atom stereocenters. The number of nitrogens with zero attached hydrogens (tertiary/aromatic N) is 3. The first kappa shape index (κ1) is 13.8. The second-order valence-corrected chi connectivity index (χ2v) is 5.39. The molecule has 3 rings (SSSR count). The molecule has 1 atom stereocenters. The maximum atomic E-state index is 12.0. The Labute approximate surface area is 122 Å². The van der Waals surface area contributed by atoms with Crippen LogP contribution in [-0.4, -0.2) is 39.5 Å². The van der Waals surface area contributed by atoms with E-state index >= 15 is 0 Å². The molecule has 0 bridgehead atoms. The van der Waals surface area contributed by atoms with E-state index < -0.39 is 0 Å². The van der Waals surface area contributed by atoms with Crippen LogP contribution >= 0.6 is 0 Å². The van der Waals surface area contributed by atoms with Crippen LogP contribution in [0.3, 0.4) is 0 Å². The Morgan fingerprint density at radius 3 is 2.67 bits per heavy atom. The molecule has 2 heterocycles. The van der Waals surface area contributed by atoms with Crippen LogP contribution < -0.4 is 0 Å². The number of hydrogen-bond acceptors (Lipinski definition) is 5. The van der Waals surface area contributed by atoms with E-state index in [-0.39, 0.29) is 11.6 Å². The molecule has 0 saturated carbocycles. The number of hydrogen-bond donors (Lipinski definition) is 0. The zero-order valence-electron chi connectivity index (χ0n) is 11.9. The van der Waals surface area contributed by atoms with Gasteiger partial charge >= 0.3 is 5.97 Å². The smallest absolute Gasteiger partial charge is 0.338 e. The summed E-state index contributed by atoms with van der Waals surface area (Å²) in [5, 5.41) is 7.49. The summed E-state index contributed by atoms with van der Waals surface area (Å²) >= 11 is 0. The summed E-state index contributed by atoms with van der Waals surface area (Å²) in [6, 6.07) is 7.12. The first-order chi connectivity index (χ1) is 10.2. The Morgan fingerprint density at radius 1 is 1.33 bits per heavy atom. The molecule has 1 aromatic carbocycles. The Kier molecular flexibility index (Phi) is 3.70. The number of rotatable bonds is 4. The molecule has 1 fully saturated rings. The Bertz CT molecular complexity index is 602. The van der Waals surface area contributed by atoms with Crippen molar-refractivity contribution in [3.05, 3.63) is 42.5 Å². The third kappa shape index (κ3) is 3.11. The maximum absolute atomic E-state index is 12.0. The van der Waals surface area contributed by atoms with Gasteiger partial charge in [-0.3, -0.25) is 4.57 Å². The molecule has 1 aliphatic rings. The van der Waals surface area contributed by atoms with Gasteiger partial charge in [-0.05, 0) is 44.0 Å². The highest BCUT2D eigenvalue weighted by Crippen LogP contribution is 2.25. The van der Waals surface area contributed by atoms with Gasteiger partial charge in [-0.1, -0.05) is 0 Å². The van der Waals surface area contributed by atoms with E-state index in [4.69, 9.17) is 9.47 Å². The molecule has 6 heteroatoms. The van der Waals surface area contributed by atoms with Crippen molar-refractivity contribution in [2.24, 2.45) is 0 Å². The molecule has 1 aliphatic heterocycles. The molecule has 6 nitrogen and oxygen atoms in total. The molecule has 0 N–H and O–H groups in total. The maximum Gasteiger partial charge on any atom is 0.338 e. The highest BCUT2D eigenvalue weighted by molar-refractivity contribution is 5.89. The molecule has 21 heavy (non-hydrogen) atoms. The van der Waals surface area contributed by atoms with Crippen LogP contribution in [0.5, 0.6) is 0 Å². The van der Waals surface area contributed by atoms with Crippen molar-refractivity contribution in [1.82, 2.24) is 14.8 Å². The highest BCUT2D eigenvalue weighted by Gasteiger charge is 2.31. The molecule has 0 amide bonds. The van der Waals surface area contributed by atoms with Crippen molar-refractivity contribution in [1.29, 1.82) is 0 Å². The molecule has 1 aromatic heterocycles. The second-order valence-electron chi connectivity index (χ2n) is 5.39. The molecule has 0 radical (unpaired) electrons. The number of aromatic nitrogens is 3. The minimum atomic E-state index is -0.335. The summed E-state index contributed by atoms with van der Waals surface area (Å²) < 4.78 is 12.7. The molecule has 1 saturated heterocycles. The summed E-state index contributed by atoms with van der Waals surface area (Å²) in [4.78, 5) is 12.0. The predicted octanol–water partition coefficient (Wildman–Crippen LogP) is 1.99. The van der Waals surface area contributed by atoms with E-state index in [1.165, 1.54) is 0 Å². The third-order valence-electron chi connectivity index (χ3n) is 3.63. The summed E-state index contributed by atoms with van der Waals surface area (Å²) in [5.41, 5.74) is 1.08. The first-order valence-electron chi connectivity index (χ1n) is 6.92. The van der Waals surface area contributed by atoms with Gasteiger partial charge in [0.15, 0.2) is 0 Å². The van der Waals surface area contributed by atoms with Gasteiger partial charge < -0.3 is 9.47 Å². The van der Waals surface area contributed by atoms with E-state index in [0.29, 0.717) is 12.2 Å². The quantitative estimate of drug-likeness (QED) is 0.805. The van der Waals surface area contributed by atoms with Crippen molar-refractivity contribution in [2.75, 3.05) is 13.2 Å². The van der Waals surface area contributed by atoms with Crippen molar-refractivity contribution < 1.29 is 14.3 Å². The average molecular weight is 287 g/mol. The SMILES string of the molecule is C[C@]1(COC(=O)c2ccc(-n3cnnc3)cc2)CCCO1. The molecular weight excluding hydrogens is 270 g/mol. The lowest BCUT2D eigenvalue weighted by molar-refractivity contribution is -0.0378. The number of esters is 1. The van der Waals surface area contributed by atoms with Crippen LogP contribution in [0.2, 0.25) is 0 Å². The van der Waals surface area contributed by atoms with Crippen LogP contribution in [0.1, 0.15) is 30.1 Å². The van der Waals surface area contributed by atoms with E-state index in [1.54, 1.807) is 29.4 Å². The first-order valence-corrected chi connectivity index (χ1v) is 6.92. The van der Waals surface area contributed by atoms with Gasteiger partial charge in [-0.2, -0.15) is 0 Å². The largest absolute Gasteiger partial charge is 0.459 e. The zero-order valence-corrected chi connectivity index (χ0v) is 11.9. The van der Waals surface area contributed by atoms with E-state index in [1.807, 2.05) is 19.1 Å². The molecule has 2 aromatic rings. The molecular formula is C15H17N3O3. The minimum absolute atomic E-state index is 0.291. The van der Waals surface area contributed by atoms with Crippen molar-refractivity contribution in [2.45, 2.75) is 25.4 Å². The lowest BCUT2D eigenvalue weighted by atomic mass is 10.0. The van der Waals surface area contributed by atoms with Gasteiger partial charge in [0.2, 0.25) is 0 Å². The van der Waals surface area contributed by atoms with Gasteiger partial charge in [-0.25, -0.2) is 4.79 Å². The van der Waals surface area contributed by atoms with Crippen molar-refractivity contribution in [3.8, 4) is 5.69 Å². The normalized spacial score (nSPS) is 21.4. The molecule has 0 aliphatic carbocycles. The monoisotopic (exact) mass is 287 g/mol. The van der Waals surface area contributed by atoms with Gasteiger partial charge in [0, 0.05) is 12.3 Å². The van der Waals surface area contributed by atoms with E-state index in [2.05, 4.69) is 10.2 Å². The Balaban J connectivity index is 1.62. The summed E-state index contributed by atoms with van der Waals surface area (Å²) in [6.07, 6.45) is 5.14. The summed E-state index contributed by atoms with van der Waals surface area (Å²) in [6.45, 7) is 3.00. The topological polar surface area (TPSA) is 66.2 Å². The third-order valence-corrected chi connectivity index (χ3v) is 3.63. The summed E-state index contributed by atoms with van der Waals surface area (Å²) in [5.74, 6) is -0.331. The standard InChI is InChI=1S/C15H17N3O3/c1-15(7-2-8-21-15)9-20-14(19)12-3-5-13(6-4-12)18-10-16-17-11-18/h3-6,10-11H,2,7-9H2,1H3/t15-/m1/s1. The van der Waals surface area contributed by atoms with Crippen LogP contribution in [0.4, 0.5) is 0 Å². The van der Waals surface area contributed by atoms with Crippen molar-refractivity contribution >= 4 is 5.97 Å². The lowest BCUT2D eigenvalue weighted by Crippen LogP contribution is -2.31. The van der Waals surface area contributed by atoms with Crippen LogP contribution in [0.25, 0.3) is 5.69 Å². The second kappa shape index (κ2) is 5.65. The molecule has 0 spiro atoms. The molecule has 110 valence electrons. The number of carbonyl (C=O) groups is 1. The van der Waals surface area contributed by atoms with E-state index in [9.17, 15) is 4.79 Å². The fraction of sp³-hybridized carbons (Fsp3) is 0.400. The lowest BCUT2D eigenvalue weighted by Gasteiger charge is -2.22. The zero-order chi connectivity index (χ0) is 14.7. The number of carbonyl (C=O) groups excluding carboxylic acids is 1. The Hall–Kier alpha value is -2.21. The highest BCUT2D eigenvalue weighted by atomic mass is 16.6. The van der Waals surface area contributed by atoms with Gasteiger partial charge in [-0.15, -0.1) is 10.2 Å². The predicted molar refractivity (Wildman–Crippen MR) is 75.2 cm³/mol. The fourth-order valence-corrected chi connectivity index (χ4v) is 2.36. The van der Waals surface area contributed by atoms with Gasteiger partial charge in [0.05, 0.1) is 11.2 Å². The van der Waals surface area contributed by atoms with Gasteiger partial charge in [0.25, 0.3) is 0 Å². The van der Waals surface area contributed by atoms with Gasteiger partial charge in [0.1, 0.15) is 19.3 Å². The van der Waals surface area contributed by atoms with Crippen LogP contribution in [0, 0.1) is 0 Å². The van der Waals surface area contributed by atoms with Crippen LogP contribution in [-0.2, 0) is 9.47 Å². The number of ether oxygens (including phenoxy) is 2. The minimum Gasteiger partial charge on any atom is -0.459 e. The Morgan fingerprint density at radius 2 is 2.05 bits per heavy atom. The van der Waals surface area contributed by atoms with Crippen molar-refractivity contribution in [3.63, 3.8) is 0 Å². The van der Waals surface area contributed by atoms with E-state index in [0.717, 1.165) is 25.1 Å². The number of benzene rings is 1. The summed E-state index contributed by atoms with van der Waals surface area (Å²) in [7, 11) is 0. The fourth-order valence-electron chi connectivity index (χ4n) is 2.36.